The summed E-state index contributed by atoms with van der Waals surface area (Å²) >= 11 is 0. The van der Waals surface area contributed by atoms with Crippen molar-refractivity contribution in [3.8, 4) is 0 Å². The van der Waals surface area contributed by atoms with E-state index >= 15 is 0 Å². The Kier molecular flexibility index (Phi) is 5.48. The first-order chi connectivity index (χ1) is 10.1. The van der Waals surface area contributed by atoms with Crippen LogP contribution in [0.4, 0.5) is 11.4 Å². The number of fused-ring (bicyclic) bond motifs is 1. The van der Waals surface area contributed by atoms with Gasteiger partial charge < -0.3 is 16.0 Å². The van der Waals surface area contributed by atoms with Crippen molar-refractivity contribution in [3.05, 3.63) is 23.8 Å². The van der Waals surface area contributed by atoms with Crippen molar-refractivity contribution in [1.82, 2.24) is 5.32 Å². The fourth-order valence-corrected chi connectivity index (χ4v) is 2.90. The molecule has 2 rings (SSSR count). The number of nitrogens with two attached hydrogens (primary N) is 1. The summed E-state index contributed by atoms with van der Waals surface area (Å²) in [5.74, 6) is 0.112. The predicted octanol–water partition coefficient (Wildman–Crippen LogP) is 2.72. The number of unbranched alkanes of at least 4 members (excludes halogenated alkanes) is 2. The summed E-state index contributed by atoms with van der Waals surface area (Å²) in [6, 6.07) is 5.88. The summed E-state index contributed by atoms with van der Waals surface area (Å²) in [5.41, 5.74) is 9.08. The fourth-order valence-electron chi connectivity index (χ4n) is 2.90. The van der Waals surface area contributed by atoms with Gasteiger partial charge in [0.25, 0.3) is 0 Å². The molecule has 3 N–H and O–H groups in total. The molecule has 4 nitrogen and oxygen atoms in total. The molecule has 0 saturated carbocycles. The first kappa shape index (κ1) is 15.7. The van der Waals surface area contributed by atoms with Gasteiger partial charge in [0.1, 0.15) is 6.04 Å². The number of carbonyl (C=O) groups is 1. The van der Waals surface area contributed by atoms with Gasteiger partial charge in [0.05, 0.1) is 0 Å². The molecule has 0 bridgehead atoms. The molecule has 1 aromatic carbocycles. The first-order valence-electron chi connectivity index (χ1n) is 8.06. The minimum Gasteiger partial charge on any atom is -0.399 e. The topological polar surface area (TPSA) is 58.4 Å². The highest BCUT2D eigenvalue weighted by Crippen LogP contribution is 2.30. The van der Waals surface area contributed by atoms with Crippen LogP contribution in [0, 0.1) is 0 Å². The van der Waals surface area contributed by atoms with Crippen LogP contribution in [-0.2, 0) is 11.2 Å². The minimum absolute atomic E-state index is 0.112. The maximum atomic E-state index is 12.3. The van der Waals surface area contributed by atoms with E-state index in [1.54, 1.807) is 0 Å². The Morgan fingerprint density at radius 3 is 3.00 bits per heavy atom. The zero-order valence-electron chi connectivity index (χ0n) is 13.2. The molecule has 21 heavy (non-hydrogen) atoms. The summed E-state index contributed by atoms with van der Waals surface area (Å²) in [6.07, 6.45) is 5.54. The number of aryl methyl sites for hydroxylation is 1. The lowest BCUT2D eigenvalue weighted by molar-refractivity contribution is -0.122. The van der Waals surface area contributed by atoms with E-state index in [2.05, 4.69) is 23.2 Å². The monoisotopic (exact) mass is 289 g/mol. The second kappa shape index (κ2) is 7.34. The Labute approximate surface area is 127 Å². The number of rotatable bonds is 6. The summed E-state index contributed by atoms with van der Waals surface area (Å²) in [7, 11) is 0. The van der Waals surface area contributed by atoms with Crippen LogP contribution in [-0.4, -0.2) is 25.0 Å². The molecule has 0 aliphatic carbocycles. The van der Waals surface area contributed by atoms with Crippen molar-refractivity contribution in [2.45, 2.75) is 52.0 Å². The summed E-state index contributed by atoms with van der Waals surface area (Å²) < 4.78 is 0. The van der Waals surface area contributed by atoms with Gasteiger partial charge in [0, 0.05) is 24.5 Å². The van der Waals surface area contributed by atoms with Crippen molar-refractivity contribution in [1.29, 1.82) is 0 Å². The van der Waals surface area contributed by atoms with Crippen LogP contribution < -0.4 is 16.0 Å². The van der Waals surface area contributed by atoms with E-state index in [-0.39, 0.29) is 11.9 Å². The number of nitrogens with one attached hydrogen (secondary N) is 1. The third kappa shape index (κ3) is 3.90. The molecule has 0 fully saturated rings. The third-order valence-electron chi connectivity index (χ3n) is 4.19. The lowest BCUT2D eigenvalue weighted by Crippen LogP contribution is -2.47. The van der Waals surface area contributed by atoms with Gasteiger partial charge >= 0.3 is 0 Å². The Hall–Kier alpha value is -1.71. The fraction of sp³-hybridized carbons (Fsp3) is 0.588. The molecule has 0 radical (unpaired) electrons. The van der Waals surface area contributed by atoms with Crippen LogP contribution in [0.2, 0.25) is 0 Å². The average Bonchev–Trinajstić information content (AvgIpc) is 2.50. The normalized spacial score (nSPS) is 15.4. The zero-order valence-corrected chi connectivity index (χ0v) is 13.2. The van der Waals surface area contributed by atoms with Crippen molar-refractivity contribution >= 4 is 17.3 Å². The number of hydrogen-bond acceptors (Lipinski definition) is 3. The highest BCUT2D eigenvalue weighted by atomic mass is 16.2. The van der Waals surface area contributed by atoms with E-state index in [4.69, 9.17) is 5.73 Å². The van der Waals surface area contributed by atoms with E-state index in [1.165, 1.54) is 12.0 Å². The van der Waals surface area contributed by atoms with Gasteiger partial charge in [-0.05, 0) is 43.9 Å². The molecular weight excluding hydrogens is 262 g/mol. The van der Waals surface area contributed by atoms with Crippen LogP contribution in [0.5, 0.6) is 0 Å². The summed E-state index contributed by atoms with van der Waals surface area (Å²) in [4.78, 5) is 14.5. The predicted molar refractivity (Wildman–Crippen MR) is 88.5 cm³/mol. The maximum Gasteiger partial charge on any atom is 0.242 e. The maximum absolute atomic E-state index is 12.3. The number of carbonyl (C=O) groups excluding carboxylic acids is 1. The SMILES string of the molecule is CCCCCNC(=O)C(C)N1CCCc2ccc(N)cc21. The van der Waals surface area contributed by atoms with Gasteiger partial charge in [-0.2, -0.15) is 0 Å². The molecule has 116 valence electrons. The molecule has 1 aliphatic heterocycles. The smallest absolute Gasteiger partial charge is 0.242 e. The van der Waals surface area contributed by atoms with Crippen LogP contribution in [0.1, 0.15) is 45.1 Å². The highest BCUT2D eigenvalue weighted by molar-refractivity contribution is 5.85. The van der Waals surface area contributed by atoms with Crippen molar-refractivity contribution < 1.29 is 4.79 Å². The Bertz CT molecular complexity index is 487. The number of nitrogen functional groups attached to an aromatic ring is 1. The molecule has 1 aliphatic rings. The first-order valence-corrected chi connectivity index (χ1v) is 8.06. The Balaban J connectivity index is 2.01. The average molecular weight is 289 g/mol. The van der Waals surface area contributed by atoms with Crippen LogP contribution in [0.25, 0.3) is 0 Å². The van der Waals surface area contributed by atoms with Gasteiger partial charge in [-0.15, -0.1) is 0 Å². The van der Waals surface area contributed by atoms with E-state index in [9.17, 15) is 4.79 Å². The van der Waals surface area contributed by atoms with E-state index in [1.807, 2.05) is 19.1 Å². The minimum atomic E-state index is -0.146. The molecule has 1 atom stereocenters. The van der Waals surface area contributed by atoms with Gasteiger partial charge in [-0.1, -0.05) is 25.8 Å². The molecule has 1 heterocycles. The van der Waals surface area contributed by atoms with E-state index < -0.39 is 0 Å². The van der Waals surface area contributed by atoms with Crippen LogP contribution >= 0.6 is 0 Å². The van der Waals surface area contributed by atoms with Crippen LogP contribution in [0.15, 0.2) is 18.2 Å². The van der Waals surface area contributed by atoms with E-state index in [0.29, 0.717) is 0 Å². The quantitative estimate of drug-likeness (QED) is 0.625. The molecule has 1 aromatic rings. The van der Waals surface area contributed by atoms with Crippen molar-refractivity contribution in [3.63, 3.8) is 0 Å². The molecular formula is C17H27N3O. The molecule has 0 saturated heterocycles. The number of benzene rings is 1. The molecule has 0 aromatic heterocycles. The molecule has 0 spiro atoms. The van der Waals surface area contributed by atoms with Crippen molar-refractivity contribution in [2.75, 3.05) is 23.7 Å². The van der Waals surface area contributed by atoms with Crippen LogP contribution in [0.3, 0.4) is 0 Å². The summed E-state index contributed by atoms with van der Waals surface area (Å²) in [6.45, 7) is 5.83. The van der Waals surface area contributed by atoms with Gasteiger partial charge in [0.2, 0.25) is 5.91 Å². The highest BCUT2D eigenvalue weighted by Gasteiger charge is 2.25. The lowest BCUT2D eigenvalue weighted by Gasteiger charge is -2.35. The second-order valence-corrected chi connectivity index (χ2v) is 5.86. The lowest BCUT2D eigenvalue weighted by atomic mass is 9.99. The van der Waals surface area contributed by atoms with Gasteiger partial charge in [0.15, 0.2) is 0 Å². The van der Waals surface area contributed by atoms with Gasteiger partial charge in [-0.3, -0.25) is 4.79 Å². The second-order valence-electron chi connectivity index (χ2n) is 5.86. The molecule has 1 unspecified atom stereocenters. The van der Waals surface area contributed by atoms with E-state index in [0.717, 1.165) is 50.1 Å². The standard InChI is InChI=1S/C17H27N3O/c1-3-4-5-10-19-17(21)13(2)20-11-6-7-14-8-9-15(18)12-16(14)20/h8-9,12-13H,3-7,10-11,18H2,1-2H3,(H,19,21). The molecule has 1 amide bonds. The third-order valence-corrected chi connectivity index (χ3v) is 4.19. The number of nitrogens with zero attached hydrogens (tertiary/aromatic N) is 1. The summed E-state index contributed by atoms with van der Waals surface area (Å²) in [5, 5.41) is 3.05. The Morgan fingerprint density at radius 2 is 2.24 bits per heavy atom. The Morgan fingerprint density at radius 1 is 1.43 bits per heavy atom. The largest absolute Gasteiger partial charge is 0.399 e. The van der Waals surface area contributed by atoms with Crippen molar-refractivity contribution in [2.24, 2.45) is 0 Å². The number of anilines is 2. The van der Waals surface area contributed by atoms with Gasteiger partial charge in [-0.25, -0.2) is 0 Å². The number of amides is 1. The zero-order chi connectivity index (χ0) is 15.2. The molecule has 4 heteroatoms. The number of hydrogen-bond donors (Lipinski definition) is 2.